The van der Waals surface area contributed by atoms with Gasteiger partial charge in [-0.05, 0) is 56.2 Å². The van der Waals surface area contributed by atoms with Gasteiger partial charge in [0.2, 0.25) is 11.7 Å². The van der Waals surface area contributed by atoms with Crippen LogP contribution >= 0.6 is 15.9 Å². The Kier molecular flexibility index (Phi) is 6.50. The lowest BCUT2D eigenvalue weighted by Crippen LogP contribution is -2.42. The quantitative estimate of drug-likeness (QED) is 0.492. The molecule has 1 aliphatic heterocycles. The van der Waals surface area contributed by atoms with E-state index in [-0.39, 0.29) is 24.3 Å². The van der Waals surface area contributed by atoms with Crippen molar-refractivity contribution in [1.82, 2.24) is 19.6 Å². The van der Waals surface area contributed by atoms with Crippen molar-refractivity contribution in [1.29, 1.82) is 0 Å². The summed E-state index contributed by atoms with van der Waals surface area (Å²) in [7, 11) is 0. The first-order valence-corrected chi connectivity index (χ1v) is 11.0. The van der Waals surface area contributed by atoms with E-state index in [1.54, 1.807) is 16.4 Å². The van der Waals surface area contributed by atoms with Gasteiger partial charge >= 0.3 is 5.97 Å². The molecule has 0 unspecified atom stereocenters. The summed E-state index contributed by atoms with van der Waals surface area (Å²) in [5, 5.41) is 4.07. The number of esters is 1. The Balaban J connectivity index is 1.41. The van der Waals surface area contributed by atoms with Crippen molar-refractivity contribution in [3.63, 3.8) is 0 Å². The minimum absolute atomic E-state index is 0.00703. The van der Waals surface area contributed by atoms with Gasteiger partial charge in [0.15, 0.2) is 0 Å². The number of nitrogens with zero attached hydrogens (tertiary/aromatic N) is 4. The predicted molar refractivity (Wildman–Crippen MR) is 117 cm³/mol. The van der Waals surface area contributed by atoms with Crippen LogP contribution < -0.4 is 0 Å². The number of benzene rings is 1. The highest BCUT2D eigenvalue weighted by atomic mass is 79.9. The first-order chi connectivity index (χ1) is 15.0. The molecule has 0 bridgehead atoms. The van der Waals surface area contributed by atoms with Crippen molar-refractivity contribution in [2.45, 2.75) is 26.3 Å². The number of carbonyl (C=O) groups is 2. The van der Waals surface area contributed by atoms with Gasteiger partial charge in [-0.25, -0.2) is 0 Å². The zero-order valence-corrected chi connectivity index (χ0v) is 18.7. The van der Waals surface area contributed by atoms with Crippen LogP contribution in [0.3, 0.4) is 0 Å². The lowest BCUT2D eigenvalue weighted by atomic mass is 9.97. The van der Waals surface area contributed by atoms with E-state index < -0.39 is 0 Å². The van der Waals surface area contributed by atoms with E-state index in [0.717, 1.165) is 10.0 Å². The number of hydrogen-bond acceptors (Lipinski definition) is 6. The first kappa shape index (κ1) is 21.3. The molecule has 8 nitrogen and oxygen atoms in total. The number of piperidine rings is 1. The van der Waals surface area contributed by atoms with Gasteiger partial charge in [-0.2, -0.15) is 4.98 Å². The number of aromatic nitrogens is 3. The second-order valence-corrected chi connectivity index (χ2v) is 8.27. The van der Waals surface area contributed by atoms with Gasteiger partial charge in [0.1, 0.15) is 12.2 Å². The Hall–Kier alpha value is -2.94. The summed E-state index contributed by atoms with van der Waals surface area (Å²) < 4.78 is 13.3. The summed E-state index contributed by atoms with van der Waals surface area (Å²) in [4.78, 5) is 31.0. The molecule has 31 heavy (non-hydrogen) atoms. The van der Waals surface area contributed by atoms with Gasteiger partial charge in [0.05, 0.1) is 12.5 Å². The average Bonchev–Trinajstić information content (AvgIpc) is 3.44. The molecule has 1 amide bonds. The molecule has 0 saturated carbocycles. The molecular weight excluding hydrogens is 464 g/mol. The fourth-order valence-corrected chi connectivity index (χ4v) is 3.92. The van der Waals surface area contributed by atoms with Gasteiger partial charge < -0.3 is 18.7 Å². The van der Waals surface area contributed by atoms with Gasteiger partial charge in [-0.15, -0.1) is 0 Å². The molecule has 3 aromatic rings. The number of carbonyl (C=O) groups excluding carboxylic acids is 2. The van der Waals surface area contributed by atoms with E-state index in [1.165, 1.54) is 0 Å². The Morgan fingerprint density at radius 1 is 1.19 bits per heavy atom. The summed E-state index contributed by atoms with van der Waals surface area (Å²) in [6.07, 6.45) is 3.08. The highest BCUT2D eigenvalue weighted by Gasteiger charge is 2.28. The SMILES string of the molecule is CCOC(=O)C1CCN(C(=O)Cn2cccc2-c2nc(-c3ccc(Br)cc3)no2)CC1. The number of rotatable bonds is 6. The molecule has 0 aliphatic carbocycles. The molecular formula is C22H23BrN4O4. The molecule has 0 N–H and O–H groups in total. The van der Waals surface area contributed by atoms with Crippen molar-refractivity contribution >= 4 is 27.8 Å². The molecule has 1 aromatic carbocycles. The molecule has 162 valence electrons. The Bertz CT molecular complexity index is 1050. The lowest BCUT2D eigenvalue weighted by Gasteiger charge is -2.31. The second-order valence-electron chi connectivity index (χ2n) is 7.36. The highest BCUT2D eigenvalue weighted by molar-refractivity contribution is 9.10. The maximum Gasteiger partial charge on any atom is 0.309 e. The highest BCUT2D eigenvalue weighted by Crippen LogP contribution is 2.25. The monoisotopic (exact) mass is 486 g/mol. The van der Waals surface area contributed by atoms with Gasteiger partial charge in [0, 0.05) is 29.3 Å². The number of likely N-dealkylation sites (tertiary alicyclic amines) is 1. The van der Waals surface area contributed by atoms with E-state index in [1.807, 2.05) is 42.6 Å². The topological polar surface area (TPSA) is 90.5 Å². The third-order valence-electron chi connectivity index (χ3n) is 5.35. The van der Waals surface area contributed by atoms with Crippen LogP contribution in [-0.2, 0) is 20.9 Å². The van der Waals surface area contributed by atoms with Crippen LogP contribution in [0.5, 0.6) is 0 Å². The summed E-state index contributed by atoms with van der Waals surface area (Å²) in [5.74, 6) is 0.550. The maximum absolute atomic E-state index is 12.8. The Morgan fingerprint density at radius 2 is 1.94 bits per heavy atom. The third-order valence-corrected chi connectivity index (χ3v) is 5.88. The number of halogens is 1. The molecule has 1 fully saturated rings. The molecule has 2 aromatic heterocycles. The van der Waals surface area contributed by atoms with Crippen LogP contribution in [-0.4, -0.2) is 51.2 Å². The predicted octanol–water partition coefficient (Wildman–Crippen LogP) is 3.77. The maximum atomic E-state index is 12.8. The van der Waals surface area contributed by atoms with Crippen LogP contribution in [0.2, 0.25) is 0 Å². The van der Waals surface area contributed by atoms with Crippen molar-refractivity contribution in [2.75, 3.05) is 19.7 Å². The number of hydrogen-bond donors (Lipinski definition) is 0. The van der Waals surface area contributed by atoms with Crippen molar-refractivity contribution < 1.29 is 18.8 Å². The smallest absolute Gasteiger partial charge is 0.309 e. The van der Waals surface area contributed by atoms with Crippen molar-refractivity contribution in [3.05, 3.63) is 47.1 Å². The molecule has 1 saturated heterocycles. The fourth-order valence-electron chi connectivity index (χ4n) is 3.66. The molecule has 0 radical (unpaired) electrons. The largest absolute Gasteiger partial charge is 0.466 e. The van der Waals surface area contributed by atoms with E-state index in [4.69, 9.17) is 9.26 Å². The number of amides is 1. The van der Waals surface area contributed by atoms with Gasteiger partial charge in [0.25, 0.3) is 5.89 Å². The Morgan fingerprint density at radius 3 is 2.65 bits per heavy atom. The molecule has 0 spiro atoms. The van der Waals surface area contributed by atoms with E-state index in [9.17, 15) is 9.59 Å². The molecule has 9 heteroatoms. The summed E-state index contributed by atoms with van der Waals surface area (Å²) >= 11 is 3.41. The normalized spacial score (nSPS) is 14.6. The van der Waals surface area contributed by atoms with Gasteiger partial charge in [-0.3, -0.25) is 9.59 Å². The van der Waals surface area contributed by atoms with Crippen LogP contribution in [0.4, 0.5) is 0 Å². The minimum atomic E-state index is -0.166. The zero-order chi connectivity index (χ0) is 21.8. The first-order valence-electron chi connectivity index (χ1n) is 10.2. The van der Waals surface area contributed by atoms with Crippen LogP contribution in [0.15, 0.2) is 51.6 Å². The summed E-state index contributed by atoms with van der Waals surface area (Å²) in [6, 6.07) is 11.3. The van der Waals surface area contributed by atoms with Crippen molar-refractivity contribution in [3.8, 4) is 23.0 Å². The molecule has 4 rings (SSSR count). The molecule has 3 heterocycles. The van der Waals surface area contributed by atoms with Crippen LogP contribution in [0, 0.1) is 5.92 Å². The lowest BCUT2D eigenvalue weighted by molar-refractivity contribution is -0.151. The van der Waals surface area contributed by atoms with Crippen molar-refractivity contribution in [2.24, 2.45) is 5.92 Å². The molecule has 0 atom stereocenters. The minimum Gasteiger partial charge on any atom is -0.466 e. The van der Waals surface area contributed by atoms with Crippen LogP contribution in [0.1, 0.15) is 19.8 Å². The number of ether oxygens (including phenoxy) is 1. The Labute approximate surface area is 188 Å². The molecule has 1 aliphatic rings. The zero-order valence-electron chi connectivity index (χ0n) is 17.2. The van der Waals surface area contributed by atoms with Gasteiger partial charge in [-0.1, -0.05) is 21.1 Å². The van der Waals surface area contributed by atoms with E-state index in [0.29, 0.717) is 49.9 Å². The summed E-state index contributed by atoms with van der Waals surface area (Å²) in [6.45, 7) is 3.45. The van der Waals surface area contributed by atoms with Crippen LogP contribution in [0.25, 0.3) is 23.0 Å². The summed E-state index contributed by atoms with van der Waals surface area (Å²) in [5.41, 5.74) is 1.53. The fraction of sp³-hybridized carbons (Fsp3) is 0.364. The van der Waals surface area contributed by atoms with E-state index >= 15 is 0 Å². The standard InChI is InChI=1S/C22H23BrN4O4/c1-2-30-22(29)16-9-12-26(13-10-16)19(28)14-27-11-3-4-18(27)21-24-20(25-31-21)15-5-7-17(23)8-6-15/h3-8,11,16H,2,9-10,12-14H2,1H3. The third kappa shape index (κ3) is 4.87. The second kappa shape index (κ2) is 9.47. The van der Waals surface area contributed by atoms with E-state index in [2.05, 4.69) is 26.1 Å². The average molecular weight is 487 g/mol.